The van der Waals surface area contributed by atoms with Gasteiger partial charge in [0, 0.05) is 24.3 Å². The molecule has 49 heavy (non-hydrogen) atoms. The van der Waals surface area contributed by atoms with Gasteiger partial charge in [-0.1, -0.05) is 17.7 Å². The second-order valence-corrected chi connectivity index (χ2v) is 13.0. The van der Waals surface area contributed by atoms with Crippen molar-refractivity contribution in [2.45, 2.75) is 51.7 Å². The molecule has 1 saturated heterocycles. The first-order valence-electron chi connectivity index (χ1n) is 15.6. The molecule has 1 unspecified atom stereocenters. The van der Waals surface area contributed by atoms with Crippen LogP contribution in [0.4, 0.5) is 18.9 Å². The molecule has 2 amide bonds. The van der Waals surface area contributed by atoms with Crippen LogP contribution in [0.1, 0.15) is 58.1 Å². The Balaban J connectivity index is 1.22. The van der Waals surface area contributed by atoms with Crippen molar-refractivity contribution in [3.63, 3.8) is 0 Å². The number of likely N-dealkylation sites (tertiary alicyclic amines) is 1. The van der Waals surface area contributed by atoms with Crippen LogP contribution in [-0.4, -0.2) is 77.3 Å². The zero-order valence-corrected chi connectivity index (χ0v) is 26.9. The van der Waals surface area contributed by atoms with Crippen molar-refractivity contribution in [3.05, 3.63) is 80.0 Å². The number of aryl methyl sites for hydroxylation is 1. The van der Waals surface area contributed by atoms with Gasteiger partial charge in [-0.15, -0.1) is 5.10 Å². The molecular formula is C32H30ClF3N8O5. The van der Waals surface area contributed by atoms with E-state index in [9.17, 15) is 32.7 Å². The lowest BCUT2D eigenvalue weighted by atomic mass is 9.72. The Bertz CT molecular complexity index is 2110. The van der Waals surface area contributed by atoms with Gasteiger partial charge in [-0.05, 0) is 68.2 Å². The Kier molecular flexibility index (Phi) is 8.17. The molecule has 3 aliphatic rings. The van der Waals surface area contributed by atoms with Gasteiger partial charge in [-0.2, -0.15) is 22.7 Å². The minimum Gasteiger partial charge on any atom is -0.504 e. The van der Waals surface area contributed by atoms with Crippen LogP contribution in [-0.2, 0) is 35.1 Å². The summed E-state index contributed by atoms with van der Waals surface area (Å²) in [5.74, 6) is -0.821. The Morgan fingerprint density at radius 2 is 2.00 bits per heavy atom. The standard InChI is InChI=1S/C32H30ClF3N8O5/c1-17-26(46)25(38-16-37-17)29(48)42-9-8-31(15-42)7-4-23-20(13-31)28(47)44-30(40-27(41-44)18-5-10-49-11-6-18)43(23)14-24(45)39-22-3-2-19(12-21(22)33)32(34,35)36/h2-3,5,12,16,46H,4,6-11,13-15H2,1H3,(H,39,45). The van der Waals surface area contributed by atoms with Gasteiger partial charge in [0.1, 0.15) is 12.9 Å². The number of aromatic hydroxyl groups is 1. The van der Waals surface area contributed by atoms with Gasteiger partial charge in [0.15, 0.2) is 17.3 Å². The first-order chi connectivity index (χ1) is 23.3. The molecule has 5 heterocycles. The second-order valence-electron chi connectivity index (χ2n) is 12.6. The number of hydrogen-bond acceptors (Lipinski definition) is 9. The summed E-state index contributed by atoms with van der Waals surface area (Å²) in [6.45, 7) is 2.80. The molecule has 7 rings (SSSR count). The van der Waals surface area contributed by atoms with Gasteiger partial charge in [-0.3, -0.25) is 14.4 Å². The number of halogens is 4. The van der Waals surface area contributed by atoms with E-state index in [2.05, 4.69) is 25.4 Å². The van der Waals surface area contributed by atoms with Crippen LogP contribution in [0.15, 0.2) is 35.4 Å². The maximum atomic E-state index is 14.1. The number of ether oxygens (including phenoxy) is 1. The Morgan fingerprint density at radius 3 is 2.73 bits per heavy atom. The van der Waals surface area contributed by atoms with Crippen molar-refractivity contribution < 1.29 is 32.6 Å². The second kappa shape index (κ2) is 12.2. The third kappa shape index (κ3) is 6.03. The number of benzene rings is 1. The fourth-order valence-electron chi connectivity index (χ4n) is 6.85. The summed E-state index contributed by atoms with van der Waals surface area (Å²) >= 11 is 6.11. The zero-order chi connectivity index (χ0) is 34.7. The molecule has 0 radical (unpaired) electrons. The molecule has 17 heteroatoms. The van der Waals surface area contributed by atoms with E-state index in [4.69, 9.17) is 16.3 Å². The number of alkyl halides is 3. The van der Waals surface area contributed by atoms with E-state index in [1.54, 1.807) is 16.4 Å². The number of nitrogens with one attached hydrogen (secondary N) is 1. The molecule has 0 bridgehead atoms. The number of aromatic nitrogens is 6. The molecule has 1 spiro atoms. The van der Waals surface area contributed by atoms with Crippen LogP contribution in [0, 0.1) is 12.3 Å². The van der Waals surface area contributed by atoms with Gasteiger partial charge < -0.3 is 24.6 Å². The fraction of sp³-hybridized carbons (Fsp3) is 0.406. The molecule has 2 aliphatic heterocycles. The summed E-state index contributed by atoms with van der Waals surface area (Å²) in [5.41, 5.74) is 0.245. The number of fused-ring (bicyclic) bond motifs is 2. The van der Waals surface area contributed by atoms with Gasteiger partial charge in [-0.25, -0.2) is 9.97 Å². The van der Waals surface area contributed by atoms with Gasteiger partial charge in [0.05, 0.1) is 35.2 Å². The van der Waals surface area contributed by atoms with Crippen molar-refractivity contribution in [3.8, 4) is 5.75 Å². The molecular weight excluding hydrogens is 669 g/mol. The smallest absolute Gasteiger partial charge is 0.416 e. The summed E-state index contributed by atoms with van der Waals surface area (Å²) in [7, 11) is 0. The Morgan fingerprint density at radius 1 is 1.18 bits per heavy atom. The average molecular weight is 699 g/mol. The summed E-state index contributed by atoms with van der Waals surface area (Å²) < 4.78 is 47.7. The molecule has 2 N–H and O–H groups in total. The highest BCUT2D eigenvalue weighted by atomic mass is 35.5. The lowest BCUT2D eigenvalue weighted by Gasteiger charge is -2.35. The maximum absolute atomic E-state index is 14.1. The summed E-state index contributed by atoms with van der Waals surface area (Å²) in [4.78, 5) is 55.1. The highest BCUT2D eigenvalue weighted by Gasteiger charge is 2.45. The van der Waals surface area contributed by atoms with E-state index < -0.39 is 29.0 Å². The lowest BCUT2D eigenvalue weighted by molar-refractivity contribution is -0.137. The van der Waals surface area contributed by atoms with Crippen LogP contribution >= 0.6 is 11.6 Å². The zero-order valence-electron chi connectivity index (χ0n) is 26.2. The number of anilines is 1. The van der Waals surface area contributed by atoms with Crippen molar-refractivity contribution >= 4 is 40.5 Å². The van der Waals surface area contributed by atoms with Gasteiger partial charge >= 0.3 is 6.18 Å². The highest BCUT2D eigenvalue weighted by Crippen LogP contribution is 2.43. The molecule has 0 saturated carbocycles. The number of rotatable bonds is 5. The number of hydrogen-bond donors (Lipinski definition) is 2. The molecule has 256 valence electrons. The Labute approximate surface area is 281 Å². The first-order valence-corrected chi connectivity index (χ1v) is 16.0. The topological polar surface area (TPSA) is 157 Å². The van der Waals surface area contributed by atoms with Crippen LogP contribution in [0.2, 0.25) is 5.02 Å². The van der Waals surface area contributed by atoms with E-state index in [1.807, 2.05) is 6.08 Å². The predicted octanol–water partition coefficient (Wildman–Crippen LogP) is 3.83. The third-order valence-electron chi connectivity index (χ3n) is 9.46. The maximum Gasteiger partial charge on any atom is 0.416 e. The normalized spacial score (nSPS) is 19.3. The van der Waals surface area contributed by atoms with E-state index in [0.29, 0.717) is 75.5 Å². The van der Waals surface area contributed by atoms with Gasteiger partial charge in [0.2, 0.25) is 11.7 Å². The molecule has 4 aromatic rings. The first kappa shape index (κ1) is 32.7. The Hall–Kier alpha value is -4.83. The van der Waals surface area contributed by atoms with Gasteiger partial charge in [0.25, 0.3) is 11.5 Å². The van der Waals surface area contributed by atoms with E-state index in [0.717, 1.165) is 23.8 Å². The third-order valence-corrected chi connectivity index (χ3v) is 9.77. The summed E-state index contributed by atoms with van der Waals surface area (Å²) in [5, 5.41) is 17.3. The van der Waals surface area contributed by atoms with Crippen molar-refractivity contribution in [2.24, 2.45) is 5.41 Å². The minimum absolute atomic E-state index is 0.000276. The molecule has 1 fully saturated rings. The molecule has 1 aromatic carbocycles. The van der Waals surface area contributed by atoms with Crippen molar-refractivity contribution in [1.29, 1.82) is 0 Å². The van der Waals surface area contributed by atoms with Crippen LogP contribution in [0.25, 0.3) is 11.4 Å². The average Bonchev–Trinajstić information content (AvgIpc) is 3.71. The van der Waals surface area contributed by atoms with E-state index >= 15 is 0 Å². The quantitative estimate of drug-likeness (QED) is 0.316. The van der Waals surface area contributed by atoms with E-state index in [-0.39, 0.29) is 45.7 Å². The number of amides is 2. The minimum atomic E-state index is -4.60. The fourth-order valence-corrected chi connectivity index (χ4v) is 7.08. The predicted molar refractivity (Wildman–Crippen MR) is 169 cm³/mol. The van der Waals surface area contributed by atoms with Crippen LogP contribution in [0.3, 0.4) is 0 Å². The molecule has 13 nitrogen and oxygen atoms in total. The van der Waals surface area contributed by atoms with Crippen LogP contribution in [0.5, 0.6) is 5.75 Å². The number of carbonyl (C=O) groups excluding carboxylic acids is 2. The van der Waals surface area contributed by atoms with E-state index in [1.165, 1.54) is 10.8 Å². The summed E-state index contributed by atoms with van der Waals surface area (Å²) in [6.07, 6.45) is 0.863. The number of carbonyl (C=O) groups is 2. The van der Waals surface area contributed by atoms with Crippen LogP contribution < -0.4 is 10.9 Å². The number of nitrogens with zero attached hydrogens (tertiary/aromatic N) is 7. The molecule has 3 aromatic heterocycles. The van der Waals surface area contributed by atoms with Crippen molar-refractivity contribution in [2.75, 3.05) is 31.6 Å². The monoisotopic (exact) mass is 698 g/mol. The highest BCUT2D eigenvalue weighted by molar-refractivity contribution is 6.33. The lowest BCUT2D eigenvalue weighted by Crippen LogP contribution is -2.40. The molecule has 1 aliphatic carbocycles. The SMILES string of the molecule is Cc1ncnc(C(=O)N2CCC3(CCc4c(c(=O)n5nc(C6=CCOCC6)nc5n4CC(=O)Nc4ccc(C(F)(F)F)cc4Cl)C3)C2)c1O. The summed E-state index contributed by atoms with van der Waals surface area (Å²) in [6, 6.07) is 2.66. The van der Waals surface area contributed by atoms with Crippen molar-refractivity contribution in [1.82, 2.24) is 34.0 Å². The molecule has 1 atom stereocenters. The largest absolute Gasteiger partial charge is 0.504 e.